The van der Waals surface area contributed by atoms with E-state index in [4.69, 9.17) is 0 Å². The maximum Gasteiger partial charge on any atom is 0.223 e. The van der Waals surface area contributed by atoms with Gasteiger partial charge in [-0.3, -0.25) is 4.79 Å². The Balaban J connectivity index is 1.41. The smallest absolute Gasteiger partial charge is 0.223 e. The summed E-state index contributed by atoms with van der Waals surface area (Å²) in [5.74, 6) is 0.142. The standard InChI is InChI=1S/C19H25N3O4S2/c1-28(25,26)22-10-14-8-9-21(11-19(14,12-22)13-23)18(24)7-6-17-20-15-4-2-3-5-16(15)27-17/h2-5,14,23H,6-13H2,1H3/t14-,19+/m1/s1. The molecule has 0 radical (unpaired) electrons. The molecule has 4 rings (SSSR count). The Morgan fingerprint density at radius 1 is 1.36 bits per heavy atom. The molecule has 2 saturated heterocycles. The first-order chi connectivity index (χ1) is 13.3. The topological polar surface area (TPSA) is 90.8 Å². The number of rotatable bonds is 5. The lowest BCUT2D eigenvalue weighted by molar-refractivity contribution is -0.136. The third-order valence-electron chi connectivity index (χ3n) is 6.06. The third kappa shape index (κ3) is 3.68. The number of amides is 1. The van der Waals surface area contributed by atoms with Gasteiger partial charge in [0.15, 0.2) is 0 Å². The van der Waals surface area contributed by atoms with Gasteiger partial charge < -0.3 is 10.0 Å². The molecule has 28 heavy (non-hydrogen) atoms. The third-order valence-corrected chi connectivity index (χ3v) is 8.37. The first-order valence-electron chi connectivity index (χ1n) is 9.49. The maximum absolute atomic E-state index is 12.8. The number of aliphatic hydroxyl groups excluding tert-OH is 1. The van der Waals surface area contributed by atoms with Crippen LogP contribution in [0.5, 0.6) is 0 Å². The van der Waals surface area contributed by atoms with Gasteiger partial charge in [-0.25, -0.2) is 17.7 Å². The van der Waals surface area contributed by atoms with Gasteiger partial charge in [-0.1, -0.05) is 12.1 Å². The predicted octanol–water partition coefficient (Wildman–Crippen LogP) is 1.33. The van der Waals surface area contributed by atoms with Crippen LogP contribution in [0.4, 0.5) is 0 Å². The molecule has 1 aromatic heterocycles. The molecule has 0 aliphatic carbocycles. The quantitative estimate of drug-likeness (QED) is 0.784. The van der Waals surface area contributed by atoms with Gasteiger partial charge in [-0.15, -0.1) is 11.3 Å². The van der Waals surface area contributed by atoms with Crippen LogP contribution in [0.1, 0.15) is 17.8 Å². The van der Waals surface area contributed by atoms with Crippen LogP contribution >= 0.6 is 11.3 Å². The molecule has 0 unspecified atom stereocenters. The van der Waals surface area contributed by atoms with Crippen molar-refractivity contribution in [1.82, 2.24) is 14.2 Å². The largest absolute Gasteiger partial charge is 0.396 e. The number of aryl methyl sites for hydroxylation is 1. The fourth-order valence-corrected chi connectivity index (χ4v) is 6.33. The molecule has 0 spiro atoms. The van der Waals surface area contributed by atoms with Crippen LogP contribution in [0, 0.1) is 11.3 Å². The molecule has 1 N–H and O–H groups in total. The number of aliphatic hydroxyl groups is 1. The summed E-state index contributed by atoms with van der Waals surface area (Å²) >= 11 is 1.61. The van der Waals surface area contributed by atoms with Crippen molar-refractivity contribution in [2.75, 3.05) is 39.0 Å². The van der Waals surface area contributed by atoms with Crippen molar-refractivity contribution in [3.05, 3.63) is 29.3 Å². The minimum absolute atomic E-state index is 0.0448. The molecule has 0 saturated carbocycles. The summed E-state index contributed by atoms with van der Waals surface area (Å²) in [4.78, 5) is 19.2. The van der Waals surface area contributed by atoms with E-state index in [1.54, 1.807) is 16.2 Å². The molecule has 0 bridgehead atoms. The van der Waals surface area contributed by atoms with Crippen molar-refractivity contribution < 1.29 is 18.3 Å². The maximum atomic E-state index is 12.8. The first-order valence-corrected chi connectivity index (χ1v) is 12.2. The number of nitrogens with zero attached hydrogens (tertiary/aromatic N) is 3. The number of piperidine rings is 1. The van der Waals surface area contributed by atoms with E-state index < -0.39 is 15.4 Å². The van der Waals surface area contributed by atoms with Gasteiger partial charge in [-0.05, 0) is 24.5 Å². The van der Waals surface area contributed by atoms with E-state index in [2.05, 4.69) is 4.98 Å². The number of hydrogen-bond acceptors (Lipinski definition) is 6. The van der Waals surface area contributed by atoms with Crippen LogP contribution in [-0.4, -0.2) is 72.7 Å². The second kappa shape index (κ2) is 7.37. The Labute approximate surface area is 169 Å². The molecule has 2 aliphatic heterocycles. The number of benzene rings is 1. The van der Waals surface area contributed by atoms with Gasteiger partial charge >= 0.3 is 0 Å². The summed E-state index contributed by atoms with van der Waals surface area (Å²) in [6.45, 7) is 1.65. The van der Waals surface area contributed by atoms with E-state index in [1.165, 1.54) is 10.6 Å². The fraction of sp³-hybridized carbons (Fsp3) is 0.579. The first kappa shape index (κ1) is 19.8. The highest BCUT2D eigenvalue weighted by atomic mass is 32.2. The number of likely N-dealkylation sites (tertiary alicyclic amines) is 1. The van der Waals surface area contributed by atoms with Crippen LogP contribution in [-0.2, 0) is 21.2 Å². The Morgan fingerprint density at radius 2 is 2.14 bits per heavy atom. The normalized spacial score (nSPS) is 25.9. The van der Waals surface area contributed by atoms with Gasteiger partial charge in [0.05, 0.1) is 28.1 Å². The fourth-order valence-electron chi connectivity index (χ4n) is 4.43. The number of carbonyl (C=O) groups is 1. The highest BCUT2D eigenvalue weighted by molar-refractivity contribution is 7.88. The van der Waals surface area contributed by atoms with E-state index in [9.17, 15) is 18.3 Å². The summed E-state index contributed by atoms with van der Waals surface area (Å²) in [5.41, 5.74) is 0.411. The summed E-state index contributed by atoms with van der Waals surface area (Å²) in [5, 5.41) is 11.0. The van der Waals surface area contributed by atoms with Gasteiger partial charge in [0.2, 0.25) is 15.9 Å². The summed E-state index contributed by atoms with van der Waals surface area (Å²) in [6, 6.07) is 7.94. The number of aromatic nitrogens is 1. The number of fused-ring (bicyclic) bond motifs is 2. The average molecular weight is 424 g/mol. The highest BCUT2D eigenvalue weighted by Gasteiger charge is 2.52. The highest BCUT2D eigenvalue weighted by Crippen LogP contribution is 2.42. The van der Waals surface area contributed by atoms with E-state index in [1.807, 2.05) is 24.3 Å². The van der Waals surface area contributed by atoms with Crippen molar-refractivity contribution in [3.8, 4) is 0 Å². The minimum atomic E-state index is -3.29. The van der Waals surface area contributed by atoms with Crippen LogP contribution in [0.15, 0.2) is 24.3 Å². The molecule has 2 atom stereocenters. The van der Waals surface area contributed by atoms with Crippen molar-refractivity contribution in [2.45, 2.75) is 19.3 Å². The van der Waals surface area contributed by atoms with Crippen LogP contribution < -0.4 is 0 Å². The molecular formula is C19H25N3O4S2. The van der Waals surface area contributed by atoms with Gasteiger partial charge in [0, 0.05) is 44.4 Å². The molecule has 1 aromatic carbocycles. The average Bonchev–Trinajstić information content (AvgIpc) is 3.26. The Hall–Kier alpha value is -1.55. The van der Waals surface area contributed by atoms with Crippen LogP contribution in [0.3, 0.4) is 0 Å². The lowest BCUT2D eigenvalue weighted by Crippen LogP contribution is -2.52. The Bertz CT molecular complexity index is 957. The lowest BCUT2D eigenvalue weighted by Gasteiger charge is -2.43. The van der Waals surface area contributed by atoms with Crippen LogP contribution in [0.2, 0.25) is 0 Å². The Kier molecular flexibility index (Phi) is 5.20. The zero-order valence-corrected chi connectivity index (χ0v) is 17.5. The number of sulfonamides is 1. The molecule has 2 aromatic rings. The Morgan fingerprint density at radius 3 is 2.86 bits per heavy atom. The summed E-state index contributed by atoms with van der Waals surface area (Å²) in [6.07, 6.45) is 2.90. The van der Waals surface area contributed by atoms with Gasteiger partial charge in [-0.2, -0.15) is 0 Å². The molecule has 2 aliphatic rings. The number of para-hydroxylation sites is 1. The van der Waals surface area contributed by atoms with E-state index in [0.29, 0.717) is 32.5 Å². The zero-order chi connectivity index (χ0) is 19.9. The molecular weight excluding hydrogens is 398 g/mol. The molecule has 3 heterocycles. The van der Waals surface area contributed by atoms with E-state index >= 15 is 0 Å². The second-order valence-electron chi connectivity index (χ2n) is 7.95. The van der Waals surface area contributed by atoms with Gasteiger partial charge in [0.25, 0.3) is 0 Å². The van der Waals surface area contributed by atoms with E-state index in [0.717, 1.165) is 21.6 Å². The summed E-state index contributed by atoms with van der Waals surface area (Å²) < 4.78 is 26.5. The van der Waals surface area contributed by atoms with Crippen molar-refractivity contribution >= 4 is 37.5 Å². The molecule has 2 fully saturated rings. The van der Waals surface area contributed by atoms with Crippen molar-refractivity contribution in [3.63, 3.8) is 0 Å². The molecule has 1 amide bonds. The van der Waals surface area contributed by atoms with Crippen molar-refractivity contribution in [2.24, 2.45) is 11.3 Å². The van der Waals surface area contributed by atoms with Crippen molar-refractivity contribution in [1.29, 1.82) is 0 Å². The molecule has 152 valence electrons. The number of carbonyl (C=O) groups excluding carboxylic acids is 1. The SMILES string of the molecule is CS(=O)(=O)N1C[C@H]2CCN(C(=O)CCc3nc4ccccc4s3)C[C@@]2(CO)C1. The number of hydrogen-bond donors (Lipinski definition) is 1. The number of thiazole rings is 1. The van der Waals surface area contributed by atoms with Crippen LogP contribution in [0.25, 0.3) is 10.2 Å². The molecule has 9 heteroatoms. The lowest BCUT2D eigenvalue weighted by atomic mass is 9.74. The summed E-state index contributed by atoms with van der Waals surface area (Å²) in [7, 11) is -3.29. The molecule has 7 nitrogen and oxygen atoms in total. The minimum Gasteiger partial charge on any atom is -0.396 e. The monoisotopic (exact) mass is 423 g/mol. The predicted molar refractivity (Wildman–Crippen MR) is 109 cm³/mol. The zero-order valence-electron chi connectivity index (χ0n) is 15.9. The second-order valence-corrected chi connectivity index (χ2v) is 11.0. The van der Waals surface area contributed by atoms with Gasteiger partial charge in [0.1, 0.15) is 0 Å². The van der Waals surface area contributed by atoms with E-state index in [-0.39, 0.29) is 25.0 Å².